The second kappa shape index (κ2) is 16.7. The summed E-state index contributed by atoms with van der Waals surface area (Å²) in [7, 11) is 1.65. The van der Waals surface area contributed by atoms with Gasteiger partial charge in [0.2, 0.25) is 0 Å². The van der Waals surface area contributed by atoms with Crippen LogP contribution in [0.15, 0.2) is 59.5 Å². The van der Waals surface area contributed by atoms with Crippen molar-refractivity contribution >= 4 is 23.0 Å². The van der Waals surface area contributed by atoms with Gasteiger partial charge >= 0.3 is 0 Å². The van der Waals surface area contributed by atoms with Crippen LogP contribution in [0.25, 0.3) is 0 Å². The number of nitrogens with zero attached hydrogens (tertiary/aromatic N) is 6. The first-order valence-corrected chi connectivity index (χ1v) is 16.6. The molecule has 0 amide bonds. The van der Waals surface area contributed by atoms with E-state index in [1.807, 2.05) is 37.3 Å². The van der Waals surface area contributed by atoms with E-state index >= 15 is 0 Å². The predicted octanol–water partition coefficient (Wildman–Crippen LogP) is 4.50. The SMILES string of the molecule is CCOc1ccccc1N1CCN(CCCCCn2ncc(N3CCN(CCOc4ccccc4OC)CC3)c(Cl)c2=O)CC1. The fraction of sp³-hybridized carbons (Fsp3) is 0.529. The molecular weight excluding hydrogens is 592 g/mol. The number of aromatic nitrogens is 2. The third-order valence-electron chi connectivity index (χ3n) is 8.64. The fourth-order valence-electron chi connectivity index (χ4n) is 6.05. The molecule has 0 spiro atoms. The number of methoxy groups -OCH3 is 1. The highest BCUT2D eigenvalue weighted by molar-refractivity contribution is 6.33. The lowest BCUT2D eigenvalue weighted by atomic mass is 10.2. The number of ether oxygens (including phenoxy) is 3. The lowest BCUT2D eigenvalue weighted by Crippen LogP contribution is -2.48. The second-order valence-corrected chi connectivity index (χ2v) is 11.9. The Morgan fingerprint density at radius 2 is 1.31 bits per heavy atom. The van der Waals surface area contributed by atoms with Crippen molar-refractivity contribution in [2.75, 3.05) is 95.6 Å². The van der Waals surface area contributed by atoms with Gasteiger partial charge in [-0.25, -0.2) is 4.68 Å². The van der Waals surface area contributed by atoms with E-state index in [1.165, 1.54) is 10.4 Å². The summed E-state index contributed by atoms with van der Waals surface area (Å²) in [6, 6.07) is 16.0. The predicted molar refractivity (Wildman–Crippen MR) is 181 cm³/mol. The Hall–Kier alpha value is -3.47. The van der Waals surface area contributed by atoms with Crippen molar-refractivity contribution in [2.45, 2.75) is 32.7 Å². The van der Waals surface area contributed by atoms with Crippen LogP contribution in [-0.4, -0.2) is 105 Å². The van der Waals surface area contributed by atoms with Crippen LogP contribution in [0, 0.1) is 0 Å². The summed E-state index contributed by atoms with van der Waals surface area (Å²) >= 11 is 6.59. The molecule has 5 rings (SSSR count). The molecule has 0 atom stereocenters. The number of unbranched alkanes of at least 4 members (excludes halogenated alkanes) is 2. The smallest absolute Gasteiger partial charge is 0.287 e. The molecule has 0 unspecified atom stereocenters. The number of anilines is 2. The number of halogens is 1. The molecule has 0 saturated carbocycles. The van der Waals surface area contributed by atoms with Crippen LogP contribution in [0.2, 0.25) is 5.02 Å². The molecule has 45 heavy (non-hydrogen) atoms. The van der Waals surface area contributed by atoms with Gasteiger partial charge in [0.15, 0.2) is 11.5 Å². The number of benzene rings is 2. The molecule has 3 aromatic rings. The summed E-state index contributed by atoms with van der Waals surface area (Å²) in [5, 5.41) is 4.75. The number of aryl methyl sites for hydroxylation is 1. The number of hydrogen-bond donors (Lipinski definition) is 0. The second-order valence-electron chi connectivity index (χ2n) is 11.5. The Balaban J connectivity index is 0.992. The minimum atomic E-state index is -0.203. The highest BCUT2D eigenvalue weighted by Gasteiger charge is 2.22. The van der Waals surface area contributed by atoms with Crippen LogP contribution in [-0.2, 0) is 6.54 Å². The fourth-order valence-corrected chi connectivity index (χ4v) is 6.32. The molecule has 3 heterocycles. The van der Waals surface area contributed by atoms with E-state index in [-0.39, 0.29) is 10.6 Å². The third kappa shape index (κ3) is 8.83. The highest BCUT2D eigenvalue weighted by atomic mass is 35.5. The largest absolute Gasteiger partial charge is 0.493 e. The summed E-state index contributed by atoms with van der Waals surface area (Å²) in [6.45, 7) is 13.2. The molecule has 244 valence electrons. The first kappa shape index (κ1) is 32.9. The summed E-state index contributed by atoms with van der Waals surface area (Å²) in [4.78, 5) is 22.5. The van der Waals surface area contributed by atoms with E-state index < -0.39 is 0 Å². The van der Waals surface area contributed by atoms with E-state index in [4.69, 9.17) is 25.8 Å². The molecule has 0 aliphatic carbocycles. The van der Waals surface area contributed by atoms with Crippen molar-refractivity contribution in [1.82, 2.24) is 19.6 Å². The Morgan fingerprint density at radius 1 is 0.711 bits per heavy atom. The number of hydrogen-bond acceptors (Lipinski definition) is 9. The van der Waals surface area contributed by atoms with Gasteiger partial charge in [-0.2, -0.15) is 5.10 Å². The molecule has 0 N–H and O–H groups in total. The molecule has 0 bridgehead atoms. The Labute approximate surface area is 272 Å². The van der Waals surface area contributed by atoms with E-state index in [9.17, 15) is 4.79 Å². The average Bonchev–Trinajstić information content (AvgIpc) is 3.08. The van der Waals surface area contributed by atoms with Crippen LogP contribution in [0.1, 0.15) is 26.2 Å². The van der Waals surface area contributed by atoms with E-state index in [0.29, 0.717) is 19.8 Å². The van der Waals surface area contributed by atoms with Gasteiger partial charge in [0.25, 0.3) is 5.56 Å². The van der Waals surface area contributed by atoms with Crippen molar-refractivity contribution in [1.29, 1.82) is 0 Å². The van der Waals surface area contributed by atoms with Crippen molar-refractivity contribution in [3.63, 3.8) is 0 Å². The monoisotopic (exact) mass is 638 g/mol. The maximum atomic E-state index is 13.0. The van der Waals surface area contributed by atoms with Gasteiger partial charge in [-0.3, -0.25) is 14.6 Å². The summed E-state index contributed by atoms with van der Waals surface area (Å²) in [5.41, 5.74) is 1.71. The number of piperazine rings is 2. The number of para-hydroxylation sites is 4. The van der Waals surface area contributed by atoms with Crippen molar-refractivity contribution in [2.24, 2.45) is 0 Å². The van der Waals surface area contributed by atoms with Crippen molar-refractivity contribution in [3.05, 3.63) is 70.1 Å². The maximum Gasteiger partial charge on any atom is 0.287 e. The molecule has 2 fully saturated rings. The molecule has 2 saturated heterocycles. The van der Waals surface area contributed by atoms with Gasteiger partial charge in [-0.05, 0) is 50.6 Å². The zero-order valence-electron chi connectivity index (χ0n) is 26.7. The molecule has 10 nitrogen and oxygen atoms in total. The maximum absolute atomic E-state index is 13.0. The molecular formula is C34H47ClN6O4. The Kier molecular flexibility index (Phi) is 12.2. The quantitative estimate of drug-likeness (QED) is 0.224. The summed E-state index contributed by atoms with van der Waals surface area (Å²) in [5.74, 6) is 2.46. The van der Waals surface area contributed by atoms with E-state index in [1.54, 1.807) is 13.3 Å². The van der Waals surface area contributed by atoms with Crippen LogP contribution in [0.3, 0.4) is 0 Å². The Bertz CT molecular complexity index is 1410. The van der Waals surface area contributed by atoms with Crippen LogP contribution in [0.4, 0.5) is 11.4 Å². The van der Waals surface area contributed by atoms with E-state index in [2.05, 4.69) is 42.9 Å². The lowest BCUT2D eigenvalue weighted by Gasteiger charge is -2.36. The molecule has 11 heteroatoms. The molecule has 0 radical (unpaired) electrons. The van der Waals surface area contributed by atoms with Crippen LogP contribution in [0.5, 0.6) is 17.2 Å². The number of rotatable bonds is 15. The normalized spacial score (nSPS) is 16.2. The third-order valence-corrected chi connectivity index (χ3v) is 8.99. The van der Waals surface area contributed by atoms with Gasteiger partial charge in [-0.15, -0.1) is 0 Å². The molecule has 2 aliphatic heterocycles. The van der Waals surface area contributed by atoms with Gasteiger partial charge in [0.05, 0.1) is 31.3 Å². The topological polar surface area (TPSA) is 75.5 Å². The molecule has 2 aromatic carbocycles. The molecule has 2 aliphatic rings. The van der Waals surface area contributed by atoms with E-state index in [0.717, 1.165) is 108 Å². The first-order chi connectivity index (χ1) is 22.1. The van der Waals surface area contributed by atoms with Crippen LogP contribution >= 0.6 is 11.6 Å². The summed E-state index contributed by atoms with van der Waals surface area (Å²) in [6.07, 6.45) is 4.81. The average molecular weight is 639 g/mol. The van der Waals surface area contributed by atoms with Gasteiger partial charge in [0.1, 0.15) is 17.4 Å². The van der Waals surface area contributed by atoms with Gasteiger partial charge in [-0.1, -0.05) is 42.3 Å². The van der Waals surface area contributed by atoms with Crippen LogP contribution < -0.4 is 29.6 Å². The highest BCUT2D eigenvalue weighted by Crippen LogP contribution is 2.29. The molecule has 1 aromatic heterocycles. The lowest BCUT2D eigenvalue weighted by molar-refractivity contribution is 0.197. The first-order valence-electron chi connectivity index (χ1n) is 16.2. The van der Waals surface area contributed by atoms with Crippen molar-refractivity contribution < 1.29 is 14.2 Å². The zero-order valence-corrected chi connectivity index (χ0v) is 27.5. The standard InChI is InChI=1S/C34H47ClN6O4/c1-3-44-30-12-6-5-11-28(30)39-21-17-37(18-22-39)15-9-4-10-16-41-34(42)33(35)29(27-36-41)40-23-19-38(20-24-40)25-26-45-32-14-8-7-13-31(32)43-2/h5-8,11-14,27H,3-4,9-10,15-26H2,1-2H3. The zero-order chi connectivity index (χ0) is 31.4. The minimum absolute atomic E-state index is 0.203. The van der Waals surface area contributed by atoms with Gasteiger partial charge < -0.3 is 24.0 Å². The minimum Gasteiger partial charge on any atom is -0.493 e. The van der Waals surface area contributed by atoms with Gasteiger partial charge in [0, 0.05) is 65.4 Å². The Morgan fingerprint density at radius 3 is 2.00 bits per heavy atom. The van der Waals surface area contributed by atoms with Crippen molar-refractivity contribution in [3.8, 4) is 17.2 Å². The summed E-state index contributed by atoms with van der Waals surface area (Å²) < 4.78 is 18.6.